The van der Waals surface area contributed by atoms with E-state index < -0.39 is 0 Å². The second kappa shape index (κ2) is 7.92. The van der Waals surface area contributed by atoms with Crippen LogP contribution in [0.25, 0.3) is 16.3 Å². The molecule has 0 atom stereocenters. The minimum Gasteiger partial charge on any atom is -0.368 e. The molecule has 1 amide bonds. The van der Waals surface area contributed by atoms with Gasteiger partial charge >= 0.3 is 0 Å². The summed E-state index contributed by atoms with van der Waals surface area (Å²) in [5.74, 6) is 0.781. The van der Waals surface area contributed by atoms with Crippen molar-refractivity contribution in [3.63, 3.8) is 0 Å². The summed E-state index contributed by atoms with van der Waals surface area (Å²) in [6, 6.07) is 7.93. The number of carbonyl (C=O) groups is 1. The van der Waals surface area contributed by atoms with Gasteiger partial charge in [-0.05, 0) is 38.1 Å². The zero-order valence-corrected chi connectivity index (χ0v) is 16.6. The van der Waals surface area contributed by atoms with Crippen LogP contribution in [0.1, 0.15) is 21.1 Å². The molecule has 0 aliphatic heterocycles. The zero-order valence-electron chi connectivity index (χ0n) is 15.8. The summed E-state index contributed by atoms with van der Waals surface area (Å²) in [6.07, 6.45) is 1.44. The molecule has 4 rings (SSSR count). The van der Waals surface area contributed by atoms with Crippen molar-refractivity contribution >= 4 is 28.8 Å². The topological polar surface area (TPSA) is 97.1 Å². The standard InChI is InChI=1S/C19H18FN7OS/c1-11-9-15(27-19(25-11)23-10-24-27)21-7-8-22-17(28)16-12(2)26-18(29-16)13-3-5-14(20)6-4-13/h3-6,9-10,21H,7-8H2,1-2H3,(H,22,28). The Morgan fingerprint density at radius 3 is 2.76 bits per heavy atom. The van der Waals surface area contributed by atoms with E-state index in [9.17, 15) is 9.18 Å². The number of amides is 1. The number of aryl methyl sites for hydroxylation is 2. The highest BCUT2D eigenvalue weighted by Crippen LogP contribution is 2.28. The van der Waals surface area contributed by atoms with Crippen LogP contribution < -0.4 is 10.6 Å². The van der Waals surface area contributed by atoms with E-state index >= 15 is 0 Å². The van der Waals surface area contributed by atoms with Gasteiger partial charge in [-0.3, -0.25) is 4.79 Å². The molecule has 0 unspecified atom stereocenters. The van der Waals surface area contributed by atoms with Crippen molar-refractivity contribution in [1.82, 2.24) is 29.9 Å². The highest BCUT2D eigenvalue weighted by atomic mass is 32.1. The maximum absolute atomic E-state index is 13.1. The van der Waals surface area contributed by atoms with Gasteiger partial charge in [0.25, 0.3) is 11.7 Å². The molecule has 0 aliphatic carbocycles. The Kier molecular flexibility index (Phi) is 5.17. The second-order valence-electron chi connectivity index (χ2n) is 6.38. The number of aromatic nitrogens is 5. The van der Waals surface area contributed by atoms with E-state index in [1.54, 1.807) is 23.6 Å². The maximum atomic E-state index is 13.1. The summed E-state index contributed by atoms with van der Waals surface area (Å²) in [6.45, 7) is 4.59. The number of thiazole rings is 1. The van der Waals surface area contributed by atoms with E-state index in [4.69, 9.17) is 0 Å². The largest absolute Gasteiger partial charge is 0.368 e. The molecule has 10 heteroatoms. The number of fused-ring (bicyclic) bond motifs is 1. The maximum Gasteiger partial charge on any atom is 0.263 e. The Morgan fingerprint density at radius 1 is 1.17 bits per heavy atom. The Balaban J connectivity index is 1.37. The molecule has 0 spiro atoms. The van der Waals surface area contributed by atoms with Crippen molar-refractivity contribution in [1.29, 1.82) is 0 Å². The first-order valence-corrected chi connectivity index (χ1v) is 9.76. The molecule has 1 aromatic carbocycles. The average Bonchev–Trinajstić information content (AvgIpc) is 3.32. The predicted molar refractivity (Wildman–Crippen MR) is 109 cm³/mol. The quantitative estimate of drug-likeness (QED) is 0.474. The van der Waals surface area contributed by atoms with Gasteiger partial charge in [0.2, 0.25) is 0 Å². The molecule has 3 aromatic heterocycles. The van der Waals surface area contributed by atoms with Crippen molar-refractivity contribution in [3.8, 4) is 10.6 Å². The van der Waals surface area contributed by atoms with Gasteiger partial charge in [0.1, 0.15) is 27.8 Å². The van der Waals surface area contributed by atoms with Crippen LogP contribution in [0.15, 0.2) is 36.7 Å². The van der Waals surface area contributed by atoms with Gasteiger partial charge < -0.3 is 10.6 Å². The number of hydrogen-bond donors (Lipinski definition) is 2. The minimum absolute atomic E-state index is 0.188. The van der Waals surface area contributed by atoms with Crippen molar-refractivity contribution < 1.29 is 9.18 Å². The SMILES string of the molecule is Cc1cc(NCCNC(=O)c2sc(-c3ccc(F)cc3)nc2C)n2ncnc2n1. The van der Waals surface area contributed by atoms with Crippen LogP contribution in [0.3, 0.4) is 0 Å². The fraction of sp³-hybridized carbons (Fsp3) is 0.211. The number of halogens is 1. The van der Waals surface area contributed by atoms with Gasteiger partial charge in [0, 0.05) is 30.4 Å². The number of hydrogen-bond acceptors (Lipinski definition) is 7. The minimum atomic E-state index is -0.306. The summed E-state index contributed by atoms with van der Waals surface area (Å²) in [5.41, 5.74) is 2.25. The lowest BCUT2D eigenvalue weighted by Gasteiger charge is -2.09. The molecule has 29 heavy (non-hydrogen) atoms. The monoisotopic (exact) mass is 411 g/mol. The first-order chi connectivity index (χ1) is 14.0. The summed E-state index contributed by atoms with van der Waals surface area (Å²) < 4.78 is 14.7. The predicted octanol–water partition coefficient (Wildman–Crippen LogP) is 2.85. The average molecular weight is 411 g/mol. The number of rotatable bonds is 6. The van der Waals surface area contributed by atoms with Crippen LogP contribution in [0.5, 0.6) is 0 Å². The van der Waals surface area contributed by atoms with Crippen molar-refractivity contribution in [2.45, 2.75) is 13.8 Å². The highest BCUT2D eigenvalue weighted by Gasteiger charge is 2.16. The van der Waals surface area contributed by atoms with Gasteiger partial charge in [-0.15, -0.1) is 11.3 Å². The van der Waals surface area contributed by atoms with Crippen molar-refractivity contribution in [2.24, 2.45) is 0 Å². The van der Waals surface area contributed by atoms with Gasteiger partial charge in [-0.25, -0.2) is 14.4 Å². The summed E-state index contributed by atoms with van der Waals surface area (Å²) >= 11 is 1.29. The van der Waals surface area contributed by atoms with Gasteiger partial charge in [-0.1, -0.05) is 0 Å². The van der Waals surface area contributed by atoms with E-state index in [1.165, 1.54) is 29.8 Å². The van der Waals surface area contributed by atoms with Gasteiger partial charge in [0.05, 0.1) is 5.69 Å². The Morgan fingerprint density at radius 2 is 1.97 bits per heavy atom. The Bertz CT molecular complexity index is 1170. The molecular formula is C19H18FN7OS. The molecule has 8 nitrogen and oxygen atoms in total. The normalized spacial score (nSPS) is 11.0. The lowest BCUT2D eigenvalue weighted by Crippen LogP contribution is -2.29. The highest BCUT2D eigenvalue weighted by molar-refractivity contribution is 7.17. The third-order valence-electron chi connectivity index (χ3n) is 4.19. The smallest absolute Gasteiger partial charge is 0.263 e. The first kappa shape index (κ1) is 18.9. The van der Waals surface area contributed by atoms with Crippen molar-refractivity contribution in [2.75, 3.05) is 18.4 Å². The van der Waals surface area contributed by atoms with E-state index in [0.29, 0.717) is 34.4 Å². The third kappa shape index (κ3) is 4.06. The summed E-state index contributed by atoms with van der Waals surface area (Å²) in [5, 5.41) is 10.9. The molecule has 148 valence electrons. The van der Waals surface area contributed by atoms with Crippen LogP contribution in [-0.4, -0.2) is 43.6 Å². The van der Waals surface area contributed by atoms with Gasteiger partial charge in [-0.2, -0.15) is 14.6 Å². The number of nitrogens with one attached hydrogen (secondary N) is 2. The fourth-order valence-corrected chi connectivity index (χ4v) is 3.81. The van der Waals surface area contributed by atoms with Crippen LogP contribution >= 0.6 is 11.3 Å². The second-order valence-corrected chi connectivity index (χ2v) is 7.38. The van der Waals surface area contributed by atoms with E-state index in [1.807, 2.05) is 13.0 Å². The molecule has 0 aliphatic rings. The molecule has 4 aromatic rings. The van der Waals surface area contributed by atoms with Crippen LogP contribution in [0.2, 0.25) is 0 Å². The molecule has 2 N–H and O–H groups in total. The van der Waals surface area contributed by atoms with Gasteiger partial charge in [0.15, 0.2) is 0 Å². The first-order valence-electron chi connectivity index (χ1n) is 8.94. The number of benzene rings is 1. The number of carbonyl (C=O) groups excluding carboxylic acids is 1. The van der Waals surface area contributed by atoms with E-state index in [2.05, 4.69) is 30.7 Å². The van der Waals surface area contributed by atoms with Crippen molar-refractivity contribution in [3.05, 3.63) is 58.7 Å². The number of anilines is 1. The zero-order chi connectivity index (χ0) is 20.4. The van der Waals surface area contributed by atoms with E-state index in [0.717, 1.165) is 17.1 Å². The lowest BCUT2D eigenvalue weighted by molar-refractivity contribution is 0.0958. The summed E-state index contributed by atoms with van der Waals surface area (Å²) in [7, 11) is 0. The molecule has 0 fully saturated rings. The number of nitrogens with zero attached hydrogens (tertiary/aromatic N) is 5. The molecule has 0 radical (unpaired) electrons. The molecule has 0 saturated heterocycles. The van der Waals surface area contributed by atoms with E-state index in [-0.39, 0.29) is 11.7 Å². The molecule has 0 saturated carbocycles. The van der Waals surface area contributed by atoms with Crippen LogP contribution in [-0.2, 0) is 0 Å². The van der Waals surface area contributed by atoms with Crippen LogP contribution in [0, 0.1) is 19.7 Å². The lowest BCUT2D eigenvalue weighted by atomic mass is 10.2. The Labute approximate surface area is 169 Å². The molecular weight excluding hydrogens is 393 g/mol. The molecule has 3 heterocycles. The third-order valence-corrected chi connectivity index (χ3v) is 5.40. The summed E-state index contributed by atoms with van der Waals surface area (Å²) in [4.78, 5) is 25.9. The Hall–Kier alpha value is -3.40. The van der Waals surface area contributed by atoms with Crippen LogP contribution in [0.4, 0.5) is 10.2 Å². The fourth-order valence-electron chi connectivity index (χ4n) is 2.83. The molecule has 0 bridgehead atoms.